The van der Waals surface area contributed by atoms with Crippen molar-refractivity contribution < 1.29 is 68.5 Å². The Labute approximate surface area is 360 Å². The van der Waals surface area contributed by atoms with E-state index >= 15 is 4.79 Å². The standard InChI is InChI=1S/C42H29Cl2F9N4O6/c1-2-63-31-11-18(3-10-30(31)58)33-25-8-9-26-32(37(61)56(35(26)59)24-13-20(40(45,46)47)12-21(14-24)41(48,49)50)27(25)16-28-36(60)57(38(62)39(28,33)19-4-6-23(43)7-5-19)55-34-29(44)15-22(17-54-34)42(51,52)53/h3-8,10-15,17,26-28,32-33,58H,2,9,16H2,1H3,(H,54,55). The summed E-state index contributed by atoms with van der Waals surface area (Å²) in [6, 6.07) is 10.8. The molecule has 2 aliphatic heterocycles. The van der Waals surface area contributed by atoms with Crippen LogP contribution in [0.4, 0.5) is 51.0 Å². The first-order valence-corrected chi connectivity index (χ1v) is 19.7. The normalized spacial score (nSPS) is 24.9. The van der Waals surface area contributed by atoms with E-state index in [4.69, 9.17) is 27.9 Å². The summed E-state index contributed by atoms with van der Waals surface area (Å²) in [7, 11) is 0. The molecule has 330 valence electrons. The third-order valence-electron chi connectivity index (χ3n) is 12.0. The second-order valence-corrected chi connectivity index (χ2v) is 16.2. The number of pyridine rings is 1. The Hall–Kier alpha value is -5.82. The van der Waals surface area contributed by atoms with Gasteiger partial charge in [-0.1, -0.05) is 53.1 Å². The van der Waals surface area contributed by atoms with Crippen LogP contribution in [0.2, 0.25) is 10.0 Å². The number of hydrazine groups is 1. The first-order chi connectivity index (χ1) is 29.5. The Morgan fingerprint density at radius 1 is 0.810 bits per heavy atom. The number of imide groups is 2. The van der Waals surface area contributed by atoms with Gasteiger partial charge in [-0.3, -0.25) is 24.6 Å². The van der Waals surface area contributed by atoms with Crippen LogP contribution in [0, 0.1) is 23.7 Å². The molecule has 4 aromatic rings. The fraction of sp³-hybridized carbons (Fsp3) is 0.310. The SMILES string of the molecule is CCOc1cc(C2C3=CCC4C(=O)N(c5cc(C(F)(F)F)cc(C(F)(F)F)c5)C(=O)C4C3CC3C(=O)N(Nc4ncc(C(F)(F)F)cc4Cl)C(=O)C32c2ccc(Cl)cc2)ccc1O. The van der Waals surface area contributed by atoms with Crippen LogP contribution in [0.3, 0.4) is 0 Å². The van der Waals surface area contributed by atoms with E-state index in [0.29, 0.717) is 17.3 Å². The van der Waals surface area contributed by atoms with Crippen LogP contribution in [0.1, 0.15) is 53.5 Å². The molecule has 2 N–H and O–H groups in total. The van der Waals surface area contributed by atoms with Crippen LogP contribution >= 0.6 is 23.2 Å². The predicted molar refractivity (Wildman–Crippen MR) is 205 cm³/mol. The number of ether oxygens (including phenoxy) is 1. The van der Waals surface area contributed by atoms with Gasteiger partial charge in [0.25, 0.3) is 11.8 Å². The number of fused-ring (bicyclic) bond motifs is 4. The number of phenols is 1. The number of aromatic nitrogens is 1. The Morgan fingerprint density at radius 2 is 1.44 bits per heavy atom. The number of amides is 4. The van der Waals surface area contributed by atoms with Crippen molar-refractivity contribution in [3.8, 4) is 11.5 Å². The summed E-state index contributed by atoms with van der Waals surface area (Å²) in [6.45, 7) is 1.67. The molecule has 4 aliphatic rings. The molecule has 10 nitrogen and oxygen atoms in total. The molecule has 1 aromatic heterocycles. The van der Waals surface area contributed by atoms with E-state index in [1.807, 2.05) is 0 Å². The summed E-state index contributed by atoms with van der Waals surface area (Å²) in [6.07, 6.45) is -14.2. The van der Waals surface area contributed by atoms with Gasteiger partial charge in [-0.2, -0.15) is 44.5 Å². The van der Waals surface area contributed by atoms with Gasteiger partial charge in [0.05, 0.1) is 57.2 Å². The van der Waals surface area contributed by atoms with Crippen LogP contribution in [0.5, 0.6) is 11.5 Å². The Balaban J connectivity index is 1.31. The third kappa shape index (κ3) is 7.12. The molecular formula is C42H29Cl2F9N4O6. The molecule has 21 heteroatoms. The monoisotopic (exact) mass is 926 g/mol. The maximum atomic E-state index is 15.4. The zero-order valence-electron chi connectivity index (χ0n) is 32.0. The second kappa shape index (κ2) is 15.2. The molecule has 4 amide bonds. The smallest absolute Gasteiger partial charge is 0.417 e. The average Bonchev–Trinajstić information content (AvgIpc) is 3.59. The van der Waals surface area contributed by atoms with Gasteiger partial charge in [-0.15, -0.1) is 0 Å². The highest BCUT2D eigenvalue weighted by molar-refractivity contribution is 6.33. The molecule has 3 fully saturated rings. The molecule has 1 saturated carbocycles. The van der Waals surface area contributed by atoms with Crippen molar-refractivity contribution in [2.24, 2.45) is 23.7 Å². The zero-order valence-corrected chi connectivity index (χ0v) is 33.5. The summed E-state index contributed by atoms with van der Waals surface area (Å²) in [5.41, 5.74) is -4.61. The van der Waals surface area contributed by atoms with Crippen molar-refractivity contribution in [3.63, 3.8) is 0 Å². The molecular weight excluding hydrogens is 898 g/mol. The lowest BCUT2D eigenvalue weighted by Crippen LogP contribution is -2.53. The summed E-state index contributed by atoms with van der Waals surface area (Å²) >= 11 is 12.5. The molecule has 63 heavy (non-hydrogen) atoms. The average molecular weight is 928 g/mol. The molecule has 6 unspecified atom stereocenters. The number of carbonyl (C=O) groups is 4. The van der Waals surface area contributed by atoms with Crippen molar-refractivity contribution in [3.05, 3.63) is 122 Å². The highest BCUT2D eigenvalue weighted by Crippen LogP contribution is 2.64. The van der Waals surface area contributed by atoms with Crippen LogP contribution in [-0.2, 0) is 43.1 Å². The van der Waals surface area contributed by atoms with Crippen molar-refractivity contribution in [1.29, 1.82) is 0 Å². The van der Waals surface area contributed by atoms with Gasteiger partial charge in [0.2, 0.25) is 11.8 Å². The lowest BCUT2D eigenvalue weighted by atomic mass is 9.49. The lowest BCUT2D eigenvalue weighted by Gasteiger charge is -2.50. The van der Waals surface area contributed by atoms with E-state index in [0.717, 1.165) is 0 Å². The van der Waals surface area contributed by atoms with Crippen LogP contribution in [-0.4, -0.2) is 45.3 Å². The fourth-order valence-electron chi connectivity index (χ4n) is 9.46. The third-order valence-corrected chi connectivity index (χ3v) is 12.5. The fourth-order valence-corrected chi connectivity index (χ4v) is 9.80. The van der Waals surface area contributed by atoms with E-state index in [1.54, 1.807) is 13.0 Å². The summed E-state index contributed by atoms with van der Waals surface area (Å²) in [4.78, 5) is 63.0. The van der Waals surface area contributed by atoms with Gasteiger partial charge in [0.15, 0.2) is 17.3 Å². The lowest BCUT2D eigenvalue weighted by molar-refractivity contribution is -0.143. The molecule has 3 heterocycles. The predicted octanol–water partition coefficient (Wildman–Crippen LogP) is 9.74. The Kier molecular flexibility index (Phi) is 10.6. The van der Waals surface area contributed by atoms with Gasteiger partial charge < -0.3 is 9.84 Å². The number of rotatable bonds is 7. The molecule has 0 radical (unpaired) electrons. The first-order valence-electron chi connectivity index (χ1n) is 18.9. The van der Waals surface area contributed by atoms with Crippen molar-refractivity contribution in [2.45, 2.75) is 49.6 Å². The number of benzene rings is 3. The number of hydrogen-bond donors (Lipinski definition) is 2. The van der Waals surface area contributed by atoms with E-state index in [2.05, 4.69) is 10.4 Å². The first kappa shape index (κ1) is 43.8. The molecule has 0 spiro atoms. The van der Waals surface area contributed by atoms with Crippen LogP contribution in [0.25, 0.3) is 0 Å². The van der Waals surface area contributed by atoms with Gasteiger partial charge in [-0.25, -0.2) is 9.88 Å². The molecule has 0 bridgehead atoms. The van der Waals surface area contributed by atoms with Gasteiger partial charge in [-0.05, 0) is 85.3 Å². The maximum Gasteiger partial charge on any atom is 0.417 e. The number of halogens is 11. The minimum absolute atomic E-state index is 0.0513. The number of nitrogens with one attached hydrogen (secondary N) is 1. The van der Waals surface area contributed by atoms with Crippen LogP contribution < -0.4 is 15.1 Å². The van der Waals surface area contributed by atoms with E-state index in [-0.39, 0.29) is 69.3 Å². The number of anilines is 2. The van der Waals surface area contributed by atoms with E-state index < -0.39 is 117 Å². The van der Waals surface area contributed by atoms with Gasteiger partial charge in [0.1, 0.15) is 0 Å². The maximum absolute atomic E-state index is 15.4. The van der Waals surface area contributed by atoms with Gasteiger partial charge in [0, 0.05) is 17.1 Å². The molecule has 2 aliphatic carbocycles. The number of alkyl halides is 9. The van der Waals surface area contributed by atoms with E-state index in [1.165, 1.54) is 42.5 Å². The van der Waals surface area contributed by atoms with Crippen molar-refractivity contribution >= 4 is 58.3 Å². The summed E-state index contributed by atoms with van der Waals surface area (Å²) in [5, 5.41) is 10.9. The number of nitrogens with zero attached hydrogens (tertiary/aromatic N) is 3. The highest BCUT2D eigenvalue weighted by Gasteiger charge is 2.70. The minimum Gasteiger partial charge on any atom is -0.504 e. The minimum atomic E-state index is -5.31. The molecule has 3 aromatic carbocycles. The largest absolute Gasteiger partial charge is 0.504 e. The van der Waals surface area contributed by atoms with Crippen molar-refractivity contribution in [2.75, 3.05) is 16.9 Å². The summed E-state index contributed by atoms with van der Waals surface area (Å²) < 4.78 is 130. The van der Waals surface area contributed by atoms with Crippen LogP contribution in [0.15, 0.2) is 84.6 Å². The quantitative estimate of drug-likeness (QED) is 0.107. The second-order valence-electron chi connectivity index (χ2n) is 15.4. The number of hydrogen-bond acceptors (Lipinski definition) is 8. The van der Waals surface area contributed by atoms with E-state index in [9.17, 15) is 59.0 Å². The Morgan fingerprint density at radius 3 is 2.03 bits per heavy atom. The van der Waals surface area contributed by atoms with Gasteiger partial charge >= 0.3 is 18.5 Å². The highest BCUT2D eigenvalue weighted by atomic mass is 35.5. The topological polar surface area (TPSA) is 129 Å². The number of allylic oxidation sites excluding steroid dienone is 2. The summed E-state index contributed by atoms with van der Waals surface area (Å²) in [5.74, 6) is -11.9. The van der Waals surface area contributed by atoms with Crippen molar-refractivity contribution in [1.82, 2.24) is 9.99 Å². The number of aromatic hydroxyl groups is 1. The number of phenolic OH excluding ortho intramolecular Hbond substituents is 1. The molecule has 8 rings (SSSR count). The zero-order chi connectivity index (χ0) is 45.7. The Bertz CT molecular complexity index is 2590. The molecule has 6 atom stereocenters. The number of carbonyl (C=O) groups excluding carboxylic acids is 4. The molecule has 2 saturated heterocycles.